The molecule has 0 saturated carbocycles. The normalized spacial score (nSPS) is 11.3. The number of carbonyl (C=O) groups is 1. The zero-order valence-corrected chi connectivity index (χ0v) is 20.0. The van der Waals surface area contributed by atoms with Crippen molar-refractivity contribution >= 4 is 5.91 Å². The molecule has 0 heterocycles. The molecule has 0 bridgehead atoms. The average Bonchev–Trinajstić information content (AvgIpc) is 2.75. The number of nitrogens with one attached hydrogen (secondary N) is 1. The van der Waals surface area contributed by atoms with E-state index in [0.29, 0.717) is 19.5 Å². The first-order valence-electron chi connectivity index (χ1n) is 12.9. The average molecular weight is 429 g/mol. The van der Waals surface area contributed by atoms with Crippen LogP contribution in [0.2, 0.25) is 0 Å². The number of unbranched alkanes of at least 4 members (excludes halogenated alkanes) is 14. The van der Waals surface area contributed by atoms with E-state index in [0.717, 1.165) is 38.8 Å². The lowest BCUT2D eigenvalue weighted by atomic mass is 10.0. The largest absolute Gasteiger partial charge is 0.396 e. The Balaban J connectivity index is 3.43. The van der Waals surface area contributed by atoms with Crippen LogP contribution >= 0.6 is 0 Å². The Bertz CT molecular complexity index is 353. The van der Waals surface area contributed by atoms with Gasteiger partial charge in [0.2, 0.25) is 5.91 Å². The number of aliphatic hydroxyl groups excluding tert-OH is 2. The summed E-state index contributed by atoms with van der Waals surface area (Å²) in [5, 5.41) is 21.0. The highest BCUT2D eigenvalue weighted by Gasteiger charge is 2.07. The summed E-state index contributed by atoms with van der Waals surface area (Å²) >= 11 is 0. The molecule has 0 spiro atoms. The Labute approximate surface area is 187 Å². The van der Waals surface area contributed by atoms with Gasteiger partial charge in [0.25, 0.3) is 0 Å². The van der Waals surface area contributed by atoms with Gasteiger partial charge >= 0.3 is 0 Å². The molecule has 5 heteroatoms. The molecule has 0 radical (unpaired) electrons. The number of rotatable bonds is 24. The van der Waals surface area contributed by atoms with E-state index in [1.165, 1.54) is 77.0 Å². The Morgan fingerprint density at radius 3 is 1.70 bits per heavy atom. The maximum Gasteiger partial charge on any atom is 0.221 e. The van der Waals surface area contributed by atoms with Crippen molar-refractivity contribution in [3.63, 3.8) is 0 Å². The summed E-state index contributed by atoms with van der Waals surface area (Å²) in [4.78, 5) is 14.2. The number of hydrogen-bond donors (Lipinski definition) is 3. The number of hydrogen-bond acceptors (Lipinski definition) is 4. The van der Waals surface area contributed by atoms with Gasteiger partial charge in [0.15, 0.2) is 0 Å². The highest BCUT2D eigenvalue weighted by atomic mass is 16.3. The molecule has 0 aromatic carbocycles. The Kier molecular flexibility index (Phi) is 24.1. The SMILES string of the molecule is CCCCCCCCCCCCCCCNC(=O)CCN(CCO)CCCCCO. The maximum atomic E-state index is 12.0. The van der Waals surface area contributed by atoms with Gasteiger partial charge in [-0.25, -0.2) is 0 Å². The van der Waals surface area contributed by atoms with Crippen LogP contribution in [0.5, 0.6) is 0 Å². The third kappa shape index (κ3) is 22.0. The minimum atomic E-state index is 0.118. The van der Waals surface area contributed by atoms with Crippen molar-refractivity contribution in [2.75, 3.05) is 39.4 Å². The van der Waals surface area contributed by atoms with Crippen LogP contribution in [0.1, 0.15) is 116 Å². The smallest absolute Gasteiger partial charge is 0.221 e. The third-order valence-electron chi connectivity index (χ3n) is 5.81. The van der Waals surface area contributed by atoms with Crippen molar-refractivity contribution < 1.29 is 15.0 Å². The van der Waals surface area contributed by atoms with Gasteiger partial charge < -0.3 is 20.4 Å². The minimum Gasteiger partial charge on any atom is -0.396 e. The van der Waals surface area contributed by atoms with Gasteiger partial charge in [0.1, 0.15) is 0 Å². The quantitative estimate of drug-likeness (QED) is 0.188. The first-order valence-corrected chi connectivity index (χ1v) is 12.9. The lowest BCUT2D eigenvalue weighted by molar-refractivity contribution is -0.121. The number of carbonyl (C=O) groups excluding carboxylic acids is 1. The van der Waals surface area contributed by atoms with Crippen LogP contribution in [0.3, 0.4) is 0 Å². The van der Waals surface area contributed by atoms with Crippen molar-refractivity contribution in [2.45, 2.75) is 116 Å². The molecule has 1 amide bonds. The zero-order chi connectivity index (χ0) is 22.1. The molecule has 3 N–H and O–H groups in total. The van der Waals surface area contributed by atoms with E-state index in [4.69, 9.17) is 10.2 Å². The lowest BCUT2D eigenvalue weighted by Gasteiger charge is -2.20. The van der Waals surface area contributed by atoms with E-state index in [1.54, 1.807) is 0 Å². The second-order valence-corrected chi connectivity index (χ2v) is 8.69. The van der Waals surface area contributed by atoms with Gasteiger partial charge in [-0.15, -0.1) is 0 Å². The molecule has 0 aromatic heterocycles. The molecule has 30 heavy (non-hydrogen) atoms. The molecule has 0 saturated heterocycles. The second kappa shape index (κ2) is 24.6. The molecular formula is C25H52N2O3. The van der Waals surface area contributed by atoms with Gasteiger partial charge in [0.05, 0.1) is 6.61 Å². The van der Waals surface area contributed by atoms with Crippen LogP contribution in [0.25, 0.3) is 0 Å². The summed E-state index contributed by atoms with van der Waals surface area (Å²) in [5.74, 6) is 0.118. The van der Waals surface area contributed by atoms with Gasteiger partial charge in [-0.2, -0.15) is 0 Å². The van der Waals surface area contributed by atoms with E-state index < -0.39 is 0 Å². The molecule has 0 rings (SSSR count). The summed E-state index contributed by atoms with van der Waals surface area (Å²) in [6.07, 6.45) is 20.7. The van der Waals surface area contributed by atoms with Gasteiger partial charge in [-0.1, -0.05) is 84.0 Å². The highest BCUT2D eigenvalue weighted by Crippen LogP contribution is 2.12. The molecule has 0 aliphatic heterocycles. The van der Waals surface area contributed by atoms with E-state index in [-0.39, 0.29) is 19.1 Å². The fraction of sp³-hybridized carbons (Fsp3) is 0.960. The van der Waals surface area contributed by atoms with Crippen LogP contribution in [0.4, 0.5) is 0 Å². The number of amides is 1. The number of aliphatic hydroxyl groups is 2. The Morgan fingerprint density at radius 2 is 1.17 bits per heavy atom. The summed E-state index contributed by atoms with van der Waals surface area (Å²) < 4.78 is 0. The molecule has 0 aromatic rings. The molecule has 0 atom stereocenters. The van der Waals surface area contributed by atoms with Crippen molar-refractivity contribution in [3.05, 3.63) is 0 Å². The fourth-order valence-electron chi connectivity index (χ4n) is 3.82. The minimum absolute atomic E-state index is 0.118. The summed E-state index contributed by atoms with van der Waals surface area (Å²) in [5.41, 5.74) is 0. The van der Waals surface area contributed by atoms with Crippen LogP contribution in [-0.4, -0.2) is 60.4 Å². The van der Waals surface area contributed by atoms with Gasteiger partial charge in [-0.05, 0) is 32.2 Å². The van der Waals surface area contributed by atoms with Crippen LogP contribution < -0.4 is 5.32 Å². The van der Waals surface area contributed by atoms with Gasteiger partial charge in [0, 0.05) is 32.7 Å². The van der Waals surface area contributed by atoms with Crippen LogP contribution in [-0.2, 0) is 4.79 Å². The standard InChI is InChI=1S/C25H52N2O3/c1-2-3-4-5-6-7-8-9-10-11-12-13-15-19-26-25(30)18-21-27(22-24-29)20-16-14-17-23-28/h28-29H,2-24H2,1H3,(H,26,30). The summed E-state index contributed by atoms with van der Waals surface area (Å²) in [7, 11) is 0. The van der Waals surface area contributed by atoms with Crippen LogP contribution in [0.15, 0.2) is 0 Å². The van der Waals surface area contributed by atoms with Crippen molar-refractivity contribution in [1.29, 1.82) is 0 Å². The zero-order valence-electron chi connectivity index (χ0n) is 20.0. The van der Waals surface area contributed by atoms with Gasteiger partial charge in [-0.3, -0.25) is 4.79 Å². The predicted molar refractivity (Wildman–Crippen MR) is 128 cm³/mol. The Hall–Kier alpha value is -0.650. The molecular weight excluding hydrogens is 376 g/mol. The van der Waals surface area contributed by atoms with E-state index in [9.17, 15) is 4.79 Å². The third-order valence-corrected chi connectivity index (χ3v) is 5.81. The number of nitrogens with zero attached hydrogens (tertiary/aromatic N) is 1. The fourth-order valence-corrected chi connectivity index (χ4v) is 3.82. The highest BCUT2D eigenvalue weighted by molar-refractivity contribution is 5.75. The van der Waals surface area contributed by atoms with E-state index in [2.05, 4.69) is 17.1 Å². The first-order chi connectivity index (χ1) is 14.7. The maximum absolute atomic E-state index is 12.0. The first kappa shape index (κ1) is 29.4. The van der Waals surface area contributed by atoms with E-state index >= 15 is 0 Å². The molecule has 5 nitrogen and oxygen atoms in total. The topological polar surface area (TPSA) is 72.8 Å². The van der Waals surface area contributed by atoms with Crippen molar-refractivity contribution in [1.82, 2.24) is 10.2 Å². The van der Waals surface area contributed by atoms with Crippen molar-refractivity contribution in [3.8, 4) is 0 Å². The van der Waals surface area contributed by atoms with Crippen LogP contribution in [0, 0.1) is 0 Å². The summed E-state index contributed by atoms with van der Waals surface area (Å²) in [6.45, 7) is 5.61. The van der Waals surface area contributed by atoms with Crippen molar-refractivity contribution in [2.24, 2.45) is 0 Å². The summed E-state index contributed by atoms with van der Waals surface area (Å²) in [6, 6.07) is 0. The lowest BCUT2D eigenvalue weighted by Crippen LogP contribution is -2.33. The Morgan fingerprint density at radius 1 is 0.633 bits per heavy atom. The molecule has 0 aliphatic carbocycles. The molecule has 180 valence electrons. The second-order valence-electron chi connectivity index (χ2n) is 8.69. The monoisotopic (exact) mass is 428 g/mol. The van der Waals surface area contributed by atoms with E-state index in [1.807, 2.05) is 0 Å². The molecule has 0 fully saturated rings. The predicted octanol–water partition coefficient (Wildman–Crippen LogP) is 5.04. The molecule has 0 unspecified atom stereocenters. The molecule has 0 aliphatic rings.